The number of nitrogens with zero attached hydrogens (tertiary/aromatic N) is 2. The number of amides is 1. The molecule has 126 valence electrons. The molecule has 0 N–H and O–H groups in total. The largest absolute Gasteiger partial charge is 0.273 e. The molecule has 1 aliphatic heterocycles. The number of allylic oxidation sites excluding steroid dienone is 3. The van der Waals surface area contributed by atoms with E-state index in [0.29, 0.717) is 12.1 Å². The maximum Gasteiger partial charge on any atom is 0.244 e. The molecule has 3 nitrogen and oxygen atoms in total. The zero-order valence-electron chi connectivity index (χ0n) is 13.7. The second-order valence-corrected chi connectivity index (χ2v) is 6.16. The minimum atomic E-state index is -0.521. The summed E-state index contributed by atoms with van der Waals surface area (Å²) in [6, 6.07) is 3.34. The highest BCUT2D eigenvalue weighted by molar-refractivity contribution is 6.01. The molecule has 0 unspecified atom stereocenters. The van der Waals surface area contributed by atoms with Gasteiger partial charge in [0.25, 0.3) is 0 Å². The van der Waals surface area contributed by atoms with Crippen molar-refractivity contribution in [1.29, 1.82) is 0 Å². The van der Waals surface area contributed by atoms with E-state index in [2.05, 4.69) is 5.10 Å². The first-order chi connectivity index (χ1) is 11.6. The standard InChI is InChI=1S/C19H20F2N2O/c1-13(24)23-19-9-5-7-14(19)6-3-2-4-8-18(22-23)16-12-15(20)10-11-17(16)21/h5,9-12H,2-4,6-8H2,1H3/b22-18+. The number of carbonyl (C=O) groups is 1. The Balaban J connectivity index is 2.10. The van der Waals surface area contributed by atoms with Crippen molar-refractivity contribution in [3.8, 4) is 0 Å². The van der Waals surface area contributed by atoms with Crippen molar-refractivity contribution in [2.45, 2.75) is 45.4 Å². The van der Waals surface area contributed by atoms with Crippen LogP contribution in [-0.2, 0) is 4.79 Å². The minimum absolute atomic E-state index is 0.131. The van der Waals surface area contributed by atoms with E-state index in [0.717, 1.165) is 56.0 Å². The molecule has 0 spiro atoms. The van der Waals surface area contributed by atoms with Crippen LogP contribution in [0.2, 0.25) is 0 Å². The van der Waals surface area contributed by atoms with Gasteiger partial charge in [0.2, 0.25) is 5.91 Å². The molecule has 1 amide bonds. The fraction of sp³-hybridized carbons (Fsp3) is 0.368. The number of benzene rings is 1. The normalized spacial score (nSPS) is 20.6. The van der Waals surface area contributed by atoms with Crippen molar-refractivity contribution in [3.63, 3.8) is 0 Å². The minimum Gasteiger partial charge on any atom is -0.273 e. The number of hydrazone groups is 1. The molecule has 24 heavy (non-hydrogen) atoms. The second-order valence-electron chi connectivity index (χ2n) is 6.16. The van der Waals surface area contributed by atoms with Crippen molar-refractivity contribution >= 4 is 11.6 Å². The fourth-order valence-corrected chi connectivity index (χ4v) is 3.17. The van der Waals surface area contributed by atoms with Crippen LogP contribution in [0.15, 0.2) is 46.7 Å². The van der Waals surface area contributed by atoms with Gasteiger partial charge in [0.05, 0.1) is 11.4 Å². The summed E-state index contributed by atoms with van der Waals surface area (Å²) in [4.78, 5) is 12.1. The summed E-state index contributed by atoms with van der Waals surface area (Å²) in [5.41, 5.74) is 2.50. The molecule has 0 radical (unpaired) electrons. The van der Waals surface area contributed by atoms with Crippen LogP contribution in [0.3, 0.4) is 0 Å². The number of hydrogen-bond donors (Lipinski definition) is 0. The number of carbonyl (C=O) groups excluding carboxylic acids is 1. The van der Waals surface area contributed by atoms with E-state index >= 15 is 0 Å². The molecule has 0 atom stereocenters. The van der Waals surface area contributed by atoms with Gasteiger partial charge in [-0.2, -0.15) is 5.10 Å². The highest BCUT2D eigenvalue weighted by Gasteiger charge is 2.22. The van der Waals surface area contributed by atoms with Crippen LogP contribution in [0.4, 0.5) is 8.78 Å². The molecule has 1 aliphatic carbocycles. The summed E-state index contributed by atoms with van der Waals surface area (Å²) in [5.74, 6) is -1.27. The summed E-state index contributed by atoms with van der Waals surface area (Å²) in [7, 11) is 0. The van der Waals surface area contributed by atoms with Crippen LogP contribution < -0.4 is 0 Å². The van der Waals surface area contributed by atoms with Gasteiger partial charge < -0.3 is 0 Å². The third kappa shape index (κ3) is 3.45. The average molecular weight is 330 g/mol. The van der Waals surface area contributed by atoms with E-state index in [4.69, 9.17) is 0 Å². The third-order valence-electron chi connectivity index (χ3n) is 4.38. The first-order valence-corrected chi connectivity index (χ1v) is 8.28. The molecular formula is C19H20F2N2O. The monoisotopic (exact) mass is 330 g/mol. The van der Waals surface area contributed by atoms with Gasteiger partial charge in [-0.1, -0.05) is 12.5 Å². The molecular weight excluding hydrogens is 310 g/mol. The van der Waals surface area contributed by atoms with Crippen molar-refractivity contribution in [2.24, 2.45) is 5.10 Å². The van der Waals surface area contributed by atoms with Gasteiger partial charge >= 0.3 is 0 Å². The smallest absolute Gasteiger partial charge is 0.244 e. The van der Waals surface area contributed by atoms with Crippen LogP contribution in [0, 0.1) is 11.6 Å². The van der Waals surface area contributed by atoms with Gasteiger partial charge in [-0.05, 0) is 62.0 Å². The molecule has 1 aromatic rings. The van der Waals surface area contributed by atoms with Crippen molar-refractivity contribution in [1.82, 2.24) is 5.01 Å². The maximum atomic E-state index is 14.2. The Hall–Kier alpha value is -2.30. The topological polar surface area (TPSA) is 32.7 Å². The van der Waals surface area contributed by atoms with Gasteiger partial charge in [-0.25, -0.2) is 13.8 Å². The first-order valence-electron chi connectivity index (χ1n) is 8.28. The molecule has 0 saturated heterocycles. The van der Waals surface area contributed by atoms with E-state index in [1.807, 2.05) is 12.2 Å². The molecule has 0 bridgehead atoms. The Labute approximate surface area is 140 Å². The molecule has 2 aliphatic rings. The van der Waals surface area contributed by atoms with E-state index in [-0.39, 0.29) is 11.5 Å². The van der Waals surface area contributed by atoms with E-state index in [1.54, 1.807) is 0 Å². The first kappa shape index (κ1) is 16.6. The molecule has 0 aromatic heterocycles. The van der Waals surface area contributed by atoms with Crippen LogP contribution >= 0.6 is 0 Å². The number of rotatable bonds is 1. The van der Waals surface area contributed by atoms with E-state index in [1.165, 1.54) is 17.5 Å². The fourth-order valence-electron chi connectivity index (χ4n) is 3.17. The Bertz CT molecular complexity index is 750. The highest BCUT2D eigenvalue weighted by Crippen LogP contribution is 2.29. The van der Waals surface area contributed by atoms with E-state index < -0.39 is 11.6 Å². The Morgan fingerprint density at radius 1 is 1.17 bits per heavy atom. The second kappa shape index (κ2) is 7.07. The number of halogens is 2. The molecule has 1 heterocycles. The average Bonchev–Trinajstić information content (AvgIpc) is 3.01. The molecule has 5 heteroatoms. The lowest BCUT2D eigenvalue weighted by atomic mass is 10.00. The highest BCUT2D eigenvalue weighted by atomic mass is 19.1. The van der Waals surface area contributed by atoms with Gasteiger partial charge in [-0.15, -0.1) is 0 Å². The van der Waals surface area contributed by atoms with Crippen LogP contribution in [0.5, 0.6) is 0 Å². The van der Waals surface area contributed by atoms with Gasteiger partial charge in [0, 0.05) is 12.5 Å². The zero-order valence-corrected chi connectivity index (χ0v) is 13.7. The molecule has 0 saturated carbocycles. The van der Waals surface area contributed by atoms with Crippen LogP contribution in [0.25, 0.3) is 0 Å². The predicted molar refractivity (Wildman–Crippen MR) is 89.3 cm³/mol. The summed E-state index contributed by atoms with van der Waals surface area (Å²) < 4.78 is 27.8. The van der Waals surface area contributed by atoms with Gasteiger partial charge in [0.15, 0.2) is 0 Å². The molecule has 3 rings (SSSR count). The van der Waals surface area contributed by atoms with Crippen LogP contribution in [-0.4, -0.2) is 16.6 Å². The molecule has 1 aromatic carbocycles. The summed E-state index contributed by atoms with van der Waals surface area (Å²) in [6.07, 6.45) is 9.01. The van der Waals surface area contributed by atoms with Gasteiger partial charge in [0.1, 0.15) is 11.6 Å². The number of hydrogen-bond acceptors (Lipinski definition) is 2. The van der Waals surface area contributed by atoms with E-state index in [9.17, 15) is 13.6 Å². The lowest BCUT2D eigenvalue weighted by Gasteiger charge is -2.21. The maximum absolute atomic E-state index is 14.2. The van der Waals surface area contributed by atoms with Crippen LogP contribution in [0.1, 0.15) is 51.0 Å². The SMILES string of the molecule is CC(=O)N1/N=C(/c2cc(F)ccc2F)CCCCCC2=C1C=CC2. The Kier molecular flexibility index (Phi) is 4.88. The Morgan fingerprint density at radius 2 is 1.96 bits per heavy atom. The zero-order chi connectivity index (χ0) is 17.1. The predicted octanol–water partition coefficient (Wildman–Crippen LogP) is 4.70. The lowest BCUT2D eigenvalue weighted by Crippen LogP contribution is -2.25. The van der Waals surface area contributed by atoms with Crippen molar-refractivity contribution < 1.29 is 13.6 Å². The lowest BCUT2D eigenvalue weighted by molar-refractivity contribution is -0.126. The van der Waals surface area contributed by atoms with Gasteiger partial charge in [-0.3, -0.25) is 4.79 Å². The third-order valence-corrected chi connectivity index (χ3v) is 4.38. The quantitative estimate of drug-likeness (QED) is 0.735. The van der Waals surface area contributed by atoms with Crippen molar-refractivity contribution in [3.05, 3.63) is 58.8 Å². The summed E-state index contributed by atoms with van der Waals surface area (Å²) >= 11 is 0. The summed E-state index contributed by atoms with van der Waals surface area (Å²) in [5, 5.41) is 5.77. The Morgan fingerprint density at radius 3 is 2.75 bits per heavy atom. The molecule has 0 fully saturated rings. The summed E-state index contributed by atoms with van der Waals surface area (Å²) in [6.45, 7) is 1.44. The van der Waals surface area contributed by atoms with Crippen molar-refractivity contribution in [2.75, 3.05) is 0 Å².